The monoisotopic (exact) mass is 489 g/mol. The summed E-state index contributed by atoms with van der Waals surface area (Å²) >= 11 is 23.3. The molecule has 158 valence electrons. The summed E-state index contributed by atoms with van der Waals surface area (Å²) in [5.41, 5.74) is 0.593. The maximum atomic E-state index is 12.1. The molecular formula is C18H14Cl4F3NO3. The van der Waals surface area contributed by atoms with Gasteiger partial charge in [-0.05, 0) is 30.3 Å². The van der Waals surface area contributed by atoms with Crippen molar-refractivity contribution >= 4 is 52.1 Å². The molecule has 0 saturated heterocycles. The van der Waals surface area contributed by atoms with Crippen molar-refractivity contribution in [2.75, 3.05) is 25.1 Å². The lowest BCUT2D eigenvalue weighted by Gasteiger charge is -2.13. The van der Waals surface area contributed by atoms with Gasteiger partial charge in [0.1, 0.15) is 29.2 Å². The first kappa shape index (κ1) is 23.6. The van der Waals surface area contributed by atoms with E-state index in [2.05, 4.69) is 10.1 Å². The molecule has 2 rings (SSSR count). The maximum Gasteiger partial charge on any atom is 0.573 e. The van der Waals surface area contributed by atoms with Crippen LogP contribution in [0.3, 0.4) is 0 Å². The zero-order valence-corrected chi connectivity index (χ0v) is 17.6. The van der Waals surface area contributed by atoms with Crippen LogP contribution in [0.25, 0.3) is 0 Å². The molecule has 0 unspecified atom stereocenters. The fourth-order valence-electron chi connectivity index (χ4n) is 2.08. The third-order valence-electron chi connectivity index (χ3n) is 3.22. The Morgan fingerprint density at radius 3 is 2.14 bits per heavy atom. The number of ether oxygens (including phenoxy) is 3. The smallest absolute Gasteiger partial charge is 0.489 e. The summed E-state index contributed by atoms with van der Waals surface area (Å²) in [4.78, 5) is 0. The summed E-state index contributed by atoms with van der Waals surface area (Å²) < 4.78 is 51.3. The number of rotatable bonds is 9. The quantitative estimate of drug-likeness (QED) is 0.381. The van der Waals surface area contributed by atoms with Crippen molar-refractivity contribution in [1.82, 2.24) is 0 Å². The van der Waals surface area contributed by atoms with Gasteiger partial charge in [-0.1, -0.05) is 46.4 Å². The minimum atomic E-state index is -4.73. The van der Waals surface area contributed by atoms with Gasteiger partial charge in [-0.2, -0.15) is 0 Å². The molecular weight excluding hydrogens is 477 g/mol. The molecule has 0 aromatic heterocycles. The van der Waals surface area contributed by atoms with E-state index in [1.54, 1.807) is 0 Å². The Bertz CT molecular complexity index is 818. The average Bonchev–Trinajstić information content (AvgIpc) is 2.60. The van der Waals surface area contributed by atoms with E-state index in [4.69, 9.17) is 55.9 Å². The van der Waals surface area contributed by atoms with E-state index in [-0.39, 0.29) is 39.2 Å². The molecule has 0 aliphatic carbocycles. The zero-order chi connectivity index (χ0) is 21.4. The van der Waals surface area contributed by atoms with Crippen molar-refractivity contribution in [3.05, 3.63) is 57.0 Å². The van der Waals surface area contributed by atoms with Crippen LogP contribution in [0.2, 0.25) is 10.0 Å². The molecule has 0 heterocycles. The molecule has 11 heteroatoms. The Labute approximate surface area is 185 Å². The number of nitrogens with one attached hydrogen (secondary N) is 1. The van der Waals surface area contributed by atoms with E-state index in [0.29, 0.717) is 18.0 Å². The molecule has 29 heavy (non-hydrogen) atoms. The third-order valence-corrected chi connectivity index (χ3v) is 4.10. The molecule has 0 fully saturated rings. The highest BCUT2D eigenvalue weighted by molar-refractivity contribution is 6.55. The van der Waals surface area contributed by atoms with Crippen LogP contribution >= 0.6 is 46.4 Å². The molecule has 1 N–H and O–H groups in total. The number of halogens is 7. The molecule has 2 aromatic carbocycles. The Kier molecular flexibility index (Phi) is 8.89. The van der Waals surface area contributed by atoms with E-state index in [9.17, 15) is 13.2 Å². The van der Waals surface area contributed by atoms with Crippen LogP contribution in [0.15, 0.2) is 47.0 Å². The highest BCUT2D eigenvalue weighted by Gasteiger charge is 2.30. The summed E-state index contributed by atoms with van der Waals surface area (Å²) in [5.74, 6) is 0.392. The van der Waals surface area contributed by atoms with E-state index in [0.717, 1.165) is 0 Å². The lowest BCUT2D eigenvalue weighted by Crippen LogP contribution is -2.17. The second kappa shape index (κ2) is 10.9. The molecule has 0 aliphatic heterocycles. The summed E-state index contributed by atoms with van der Waals surface area (Å²) in [6.07, 6.45) is -3.27. The Balaban J connectivity index is 1.83. The van der Waals surface area contributed by atoms with Gasteiger partial charge in [-0.15, -0.1) is 13.2 Å². The van der Waals surface area contributed by atoms with Crippen LogP contribution in [-0.4, -0.2) is 26.1 Å². The van der Waals surface area contributed by atoms with Crippen molar-refractivity contribution in [1.29, 1.82) is 0 Å². The lowest BCUT2D eigenvalue weighted by molar-refractivity contribution is -0.274. The van der Waals surface area contributed by atoms with Crippen molar-refractivity contribution in [2.24, 2.45) is 0 Å². The summed E-state index contributed by atoms with van der Waals surface area (Å²) in [6.45, 7) is 0.695. The summed E-state index contributed by atoms with van der Waals surface area (Å²) in [7, 11) is 0. The largest absolute Gasteiger partial charge is 0.573 e. The molecule has 0 radical (unpaired) electrons. The van der Waals surface area contributed by atoms with Gasteiger partial charge in [0, 0.05) is 24.4 Å². The zero-order valence-electron chi connectivity index (χ0n) is 14.5. The summed E-state index contributed by atoms with van der Waals surface area (Å²) in [5, 5.41) is 3.49. The SMILES string of the molecule is FC(F)(F)Oc1ccc(NCCOc2c(Cl)cc(OCC=C(Cl)Cl)cc2Cl)cc1. The van der Waals surface area contributed by atoms with E-state index in [1.807, 2.05) is 0 Å². The number of hydrogen-bond acceptors (Lipinski definition) is 4. The topological polar surface area (TPSA) is 39.7 Å². The second-order valence-electron chi connectivity index (χ2n) is 5.37. The van der Waals surface area contributed by atoms with Crippen LogP contribution < -0.4 is 19.5 Å². The number of alkyl halides is 3. The van der Waals surface area contributed by atoms with Gasteiger partial charge in [-0.3, -0.25) is 0 Å². The first-order valence-electron chi connectivity index (χ1n) is 7.99. The number of anilines is 1. The van der Waals surface area contributed by atoms with E-state index < -0.39 is 6.36 Å². The van der Waals surface area contributed by atoms with Crippen molar-refractivity contribution in [2.45, 2.75) is 6.36 Å². The van der Waals surface area contributed by atoms with Gasteiger partial charge in [0.15, 0.2) is 5.75 Å². The normalized spacial score (nSPS) is 11.0. The van der Waals surface area contributed by atoms with Crippen LogP contribution in [-0.2, 0) is 0 Å². The van der Waals surface area contributed by atoms with Crippen molar-refractivity contribution in [3.63, 3.8) is 0 Å². The minimum absolute atomic E-state index is 0.0807. The molecule has 0 atom stereocenters. The standard InChI is InChI=1S/C18H14Cl4F3NO3/c19-14-9-13(27-7-5-16(21)22)10-15(20)17(14)28-8-6-26-11-1-3-12(4-2-11)29-18(23,24)25/h1-5,9-10,26H,6-8H2. The van der Waals surface area contributed by atoms with Crippen LogP contribution in [0.1, 0.15) is 0 Å². The van der Waals surface area contributed by atoms with Gasteiger partial charge in [-0.25, -0.2) is 0 Å². The lowest BCUT2D eigenvalue weighted by atomic mass is 10.3. The molecule has 0 saturated carbocycles. The van der Waals surface area contributed by atoms with E-state index in [1.165, 1.54) is 42.5 Å². The molecule has 0 bridgehead atoms. The molecule has 2 aromatic rings. The van der Waals surface area contributed by atoms with Gasteiger partial charge in [0.25, 0.3) is 0 Å². The highest BCUT2D eigenvalue weighted by atomic mass is 35.5. The van der Waals surface area contributed by atoms with Gasteiger partial charge in [0.2, 0.25) is 0 Å². The fraction of sp³-hybridized carbons (Fsp3) is 0.222. The average molecular weight is 491 g/mol. The maximum absolute atomic E-state index is 12.1. The molecule has 4 nitrogen and oxygen atoms in total. The Morgan fingerprint density at radius 2 is 1.59 bits per heavy atom. The number of hydrogen-bond donors (Lipinski definition) is 1. The van der Waals surface area contributed by atoms with Crippen LogP contribution in [0.4, 0.5) is 18.9 Å². The van der Waals surface area contributed by atoms with Crippen molar-refractivity contribution in [3.8, 4) is 17.2 Å². The van der Waals surface area contributed by atoms with Gasteiger partial charge in [0.05, 0.1) is 10.0 Å². The van der Waals surface area contributed by atoms with Gasteiger partial charge >= 0.3 is 6.36 Å². The van der Waals surface area contributed by atoms with E-state index >= 15 is 0 Å². The second-order valence-corrected chi connectivity index (χ2v) is 7.19. The van der Waals surface area contributed by atoms with Gasteiger partial charge < -0.3 is 19.5 Å². The fourth-order valence-corrected chi connectivity index (χ4v) is 2.78. The summed E-state index contributed by atoms with van der Waals surface area (Å²) in [6, 6.07) is 8.38. The number of benzene rings is 2. The van der Waals surface area contributed by atoms with Crippen LogP contribution in [0, 0.1) is 0 Å². The first-order valence-corrected chi connectivity index (χ1v) is 9.51. The van der Waals surface area contributed by atoms with Crippen LogP contribution in [0.5, 0.6) is 17.2 Å². The third kappa shape index (κ3) is 8.70. The Morgan fingerprint density at radius 1 is 0.966 bits per heavy atom. The minimum Gasteiger partial charge on any atom is -0.489 e. The van der Waals surface area contributed by atoms with Crippen molar-refractivity contribution < 1.29 is 27.4 Å². The molecule has 0 spiro atoms. The predicted molar refractivity (Wildman–Crippen MR) is 109 cm³/mol. The predicted octanol–water partition coefficient (Wildman–Crippen LogP) is 7.08. The molecule has 0 aliphatic rings. The Hall–Kier alpha value is -1.67. The molecule has 0 amide bonds. The highest BCUT2D eigenvalue weighted by Crippen LogP contribution is 2.37. The first-order chi connectivity index (χ1) is 13.6.